The van der Waals surface area contributed by atoms with Crippen LogP contribution in [-0.4, -0.2) is 25.4 Å². The van der Waals surface area contributed by atoms with Crippen LogP contribution in [0.3, 0.4) is 0 Å². The van der Waals surface area contributed by atoms with E-state index < -0.39 is 0 Å². The van der Waals surface area contributed by atoms with E-state index in [1.807, 2.05) is 66.3 Å². The Morgan fingerprint density at radius 3 is 2.71 bits per heavy atom. The van der Waals surface area contributed by atoms with Crippen molar-refractivity contribution in [3.05, 3.63) is 89.1 Å². The molecule has 0 spiro atoms. The van der Waals surface area contributed by atoms with Gasteiger partial charge in [-0.15, -0.1) is 0 Å². The first-order chi connectivity index (χ1) is 15.1. The molecule has 4 aromatic rings. The normalized spacial score (nSPS) is 16.4. The van der Waals surface area contributed by atoms with Crippen molar-refractivity contribution in [2.24, 2.45) is 12.0 Å². The number of allylic oxidation sites excluding steroid dienone is 1. The van der Waals surface area contributed by atoms with Gasteiger partial charge in [-0.1, -0.05) is 41.9 Å². The Labute approximate surface area is 184 Å². The zero-order valence-corrected chi connectivity index (χ0v) is 17.9. The lowest BCUT2D eigenvalue weighted by Crippen LogP contribution is -2.37. The number of fused-ring (bicyclic) bond motifs is 1. The molecule has 1 N–H and O–H groups in total. The van der Waals surface area contributed by atoms with Gasteiger partial charge in [0.05, 0.1) is 18.6 Å². The van der Waals surface area contributed by atoms with E-state index in [2.05, 4.69) is 33.2 Å². The molecule has 7 nitrogen and oxygen atoms in total. The van der Waals surface area contributed by atoms with Crippen LogP contribution in [0.5, 0.6) is 0 Å². The quantitative estimate of drug-likeness (QED) is 0.483. The van der Waals surface area contributed by atoms with Gasteiger partial charge in [0.15, 0.2) is 5.58 Å². The highest BCUT2D eigenvalue weighted by Crippen LogP contribution is 2.32. The molecule has 0 saturated heterocycles. The summed E-state index contributed by atoms with van der Waals surface area (Å²) in [6.45, 7) is 2.61. The van der Waals surface area contributed by atoms with Gasteiger partial charge in [-0.2, -0.15) is 4.98 Å². The molecule has 31 heavy (non-hydrogen) atoms. The lowest BCUT2D eigenvalue weighted by Gasteiger charge is -2.31. The minimum Gasteiger partial charge on any atom is -0.423 e. The van der Waals surface area contributed by atoms with Gasteiger partial charge in [-0.25, -0.2) is 9.98 Å². The van der Waals surface area contributed by atoms with E-state index >= 15 is 0 Å². The van der Waals surface area contributed by atoms with Crippen molar-refractivity contribution in [2.75, 3.05) is 5.32 Å². The molecule has 2 aromatic heterocycles. The summed E-state index contributed by atoms with van der Waals surface area (Å²) in [7, 11) is 1.95. The number of hydrogen-bond donors (Lipinski definition) is 1. The lowest BCUT2D eigenvalue weighted by molar-refractivity contribution is 0.476. The molecule has 0 amide bonds. The number of anilines is 1. The Morgan fingerprint density at radius 2 is 1.94 bits per heavy atom. The molecule has 0 unspecified atom stereocenters. The fraction of sp³-hybridized carbons (Fsp3) is 0.174. The number of rotatable bonds is 4. The topological polar surface area (TPSA) is 71.5 Å². The van der Waals surface area contributed by atoms with E-state index in [9.17, 15) is 0 Å². The third-order valence-corrected chi connectivity index (χ3v) is 5.50. The molecule has 0 radical (unpaired) electrons. The van der Waals surface area contributed by atoms with E-state index in [-0.39, 0.29) is 6.04 Å². The van der Waals surface area contributed by atoms with Crippen LogP contribution >= 0.6 is 11.6 Å². The number of aryl methyl sites for hydroxylation is 1. The van der Waals surface area contributed by atoms with E-state index in [1.54, 1.807) is 6.33 Å². The number of nitrogens with one attached hydrogen (secondary N) is 1. The minimum absolute atomic E-state index is 0.222. The third-order valence-electron chi connectivity index (χ3n) is 5.16. The summed E-state index contributed by atoms with van der Waals surface area (Å²) >= 11 is 6.46. The zero-order valence-electron chi connectivity index (χ0n) is 17.2. The van der Waals surface area contributed by atoms with Crippen LogP contribution in [0.15, 0.2) is 82.2 Å². The summed E-state index contributed by atoms with van der Waals surface area (Å²) in [5.74, 6) is 0.627. The molecule has 156 valence electrons. The number of hydrogen-bond acceptors (Lipinski definition) is 6. The molecular weight excluding hydrogens is 412 g/mol. The molecule has 0 fully saturated rings. The van der Waals surface area contributed by atoms with Gasteiger partial charge in [0.1, 0.15) is 11.6 Å². The largest absolute Gasteiger partial charge is 0.423 e. The number of nitrogens with zero attached hydrogens (tertiary/aromatic N) is 5. The van der Waals surface area contributed by atoms with Crippen LogP contribution in [0.4, 0.5) is 6.01 Å². The third kappa shape index (κ3) is 3.92. The van der Waals surface area contributed by atoms with E-state index in [0.29, 0.717) is 29.1 Å². The van der Waals surface area contributed by atoms with Crippen molar-refractivity contribution < 1.29 is 4.42 Å². The summed E-state index contributed by atoms with van der Waals surface area (Å²) in [5, 5.41) is 3.96. The van der Waals surface area contributed by atoms with Crippen molar-refractivity contribution in [2.45, 2.75) is 19.5 Å². The number of aliphatic imine (C=N–C) groups is 1. The second-order valence-corrected chi connectivity index (χ2v) is 7.86. The first-order valence-corrected chi connectivity index (χ1v) is 10.3. The Balaban J connectivity index is 1.52. The van der Waals surface area contributed by atoms with Gasteiger partial charge in [0, 0.05) is 24.0 Å². The number of halogens is 1. The predicted molar refractivity (Wildman–Crippen MR) is 122 cm³/mol. The van der Waals surface area contributed by atoms with E-state index in [1.165, 1.54) is 0 Å². The van der Waals surface area contributed by atoms with Crippen LogP contribution in [0.1, 0.15) is 24.2 Å². The van der Waals surface area contributed by atoms with Gasteiger partial charge in [-0.3, -0.25) is 5.32 Å². The van der Waals surface area contributed by atoms with Crippen molar-refractivity contribution >= 4 is 34.7 Å². The van der Waals surface area contributed by atoms with Crippen molar-refractivity contribution in [1.82, 2.24) is 19.4 Å². The second kappa shape index (κ2) is 7.92. The first-order valence-electron chi connectivity index (χ1n) is 9.94. The summed E-state index contributed by atoms with van der Waals surface area (Å²) in [6.07, 6.45) is 5.88. The summed E-state index contributed by atoms with van der Waals surface area (Å²) < 4.78 is 7.80. The Kier molecular flexibility index (Phi) is 4.95. The van der Waals surface area contributed by atoms with Gasteiger partial charge in [0.2, 0.25) is 5.96 Å². The van der Waals surface area contributed by atoms with E-state index in [0.717, 1.165) is 22.5 Å². The Morgan fingerprint density at radius 1 is 1.13 bits per heavy atom. The average molecular weight is 433 g/mol. The van der Waals surface area contributed by atoms with Gasteiger partial charge < -0.3 is 13.9 Å². The predicted octanol–water partition coefficient (Wildman–Crippen LogP) is 5.14. The Hall–Kier alpha value is -3.58. The number of oxazole rings is 1. The van der Waals surface area contributed by atoms with Crippen LogP contribution in [-0.2, 0) is 13.6 Å². The zero-order chi connectivity index (χ0) is 21.4. The van der Waals surface area contributed by atoms with Crippen molar-refractivity contribution in [1.29, 1.82) is 0 Å². The molecule has 0 saturated carbocycles. The highest BCUT2D eigenvalue weighted by molar-refractivity contribution is 6.31. The number of aromatic nitrogens is 3. The van der Waals surface area contributed by atoms with Crippen LogP contribution in [0, 0.1) is 0 Å². The number of benzene rings is 2. The number of imidazole rings is 1. The molecule has 8 heteroatoms. The van der Waals surface area contributed by atoms with Crippen molar-refractivity contribution in [3.63, 3.8) is 0 Å². The highest BCUT2D eigenvalue weighted by atomic mass is 35.5. The summed E-state index contributed by atoms with van der Waals surface area (Å²) in [4.78, 5) is 16.0. The van der Waals surface area contributed by atoms with Crippen molar-refractivity contribution in [3.8, 4) is 0 Å². The molecule has 3 heterocycles. The molecular formula is C23H21ClN6O. The summed E-state index contributed by atoms with van der Waals surface area (Å²) in [6, 6.07) is 15.6. The fourth-order valence-electron chi connectivity index (χ4n) is 3.63. The maximum Gasteiger partial charge on any atom is 0.302 e. The molecule has 0 bridgehead atoms. The fourth-order valence-corrected chi connectivity index (χ4v) is 3.88. The van der Waals surface area contributed by atoms with Crippen LogP contribution in [0.25, 0.3) is 11.1 Å². The summed E-state index contributed by atoms with van der Waals surface area (Å²) in [5.41, 5.74) is 4.40. The molecule has 5 rings (SSSR count). The van der Waals surface area contributed by atoms with Gasteiger partial charge in [0.25, 0.3) is 0 Å². The molecule has 1 aliphatic heterocycles. The Bertz CT molecular complexity index is 1270. The maximum atomic E-state index is 6.46. The molecule has 0 aliphatic carbocycles. The standard InChI is InChI=1S/C23H21ClN6O/c1-15-11-20(17-7-3-4-8-18(17)24)26-22(30(15)13-16-12-29(2)14-25-16)28-23-27-19-9-5-6-10-21(19)31-23/h3-12,14,20H,13H2,1-2H3,(H,26,27,28)/t20-/m0/s1. The molecule has 2 aromatic carbocycles. The minimum atomic E-state index is -0.222. The van der Waals surface area contributed by atoms with E-state index in [4.69, 9.17) is 21.0 Å². The average Bonchev–Trinajstić information content (AvgIpc) is 3.35. The SMILES string of the molecule is CC1=C[C@@H](c2ccccc2Cl)N=C(Nc2nc3ccccc3o2)N1Cc1cn(C)cn1. The number of guanidine groups is 1. The molecule has 1 atom stereocenters. The lowest BCUT2D eigenvalue weighted by atomic mass is 10.0. The second-order valence-electron chi connectivity index (χ2n) is 7.46. The maximum absolute atomic E-state index is 6.46. The van der Waals surface area contributed by atoms with Gasteiger partial charge >= 0.3 is 6.01 Å². The van der Waals surface area contributed by atoms with Crippen LogP contribution in [0.2, 0.25) is 5.02 Å². The van der Waals surface area contributed by atoms with Crippen LogP contribution < -0.4 is 5.32 Å². The first kappa shape index (κ1) is 19.4. The number of para-hydroxylation sites is 2. The molecule has 1 aliphatic rings. The smallest absolute Gasteiger partial charge is 0.302 e. The monoisotopic (exact) mass is 432 g/mol. The van der Waals surface area contributed by atoms with Gasteiger partial charge in [-0.05, 0) is 36.8 Å². The highest BCUT2D eigenvalue weighted by Gasteiger charge is 2.25.